The molecule has 28 heavy (non-hydrogen) atoms. The third-order valence-electron chi connectivity index (χ3n) is 4.64. The molecule has 2 heterocycles. The number of rotatable bonds is 4. The molecule has 0 radical (unpaired) electrons. The van der Waals surface area contributed by atoms with Crippen molar-refractivity contribution in [1.82, 2.24) is 24.5 Å². The van der Waals surface area contributed by atoms with Gasteiger partial charge in [-0.1, -0.05) is 23.4 Å². The molecular weight excluding hydrogens is 360 g/mol. The number of hydrogen-bond donors (Lipinski definition) is 0. The summed E-state index contributed by atoms with van der Waals surface area (Å²) in [5.74, 6) is 0. The SMILES string of the molecule is Cc1ccc(-n2nnc3c(=O)n(Cc4cccc([N+](=O)[O-])c4)cnc32)cc1C. The topological polar surface area (TPSA) is 109 Å². The zero-order valence-electron chi connectivity index (χ0n) is 15.2. The van der Waals surface area contributed by atoms with Gasteiger partial charge in [-0.05, 0) is 42.7 Å². The van der Waals surface area contributed by atoms with E-state index in [2.05, 4.69) is 15.3 Å². The number of aromatic nitrogens is 5. The lowest BCUT2D eigenvalue weighted by Crippen LogP contribution is -2.21. The van der Waals surface area contributed by atoms with Gasteiger partial charge in [-0.3, -0.25) is 19.5 Å². The predicted molar refractivity (Wildman–Crippen MR) is 103 cm³/mol. The summed E-state index contributed by atoms with van der Waals surface area (Å²) >= 11 is 0. The summed E-state index contributed by atoms with van der Waals surface area (Å²) in [6, 6.07) is 12.0. The van der Waals surface area contributed by atoms with Gasteiger partial charge < -0.3 is 0 Å². The van der Waals surface area contributed by atoms with E-state index in [4.69, 9.17) is 0 Å². The Kier molecular flexibility index (Phi) is 4.19. The third kappa shape index (κ3) is 3.02. The molecule has 9 heteroatoms. The monoisotopic (exact) mass is 376 g/mol. The van der Waals surface area contributed by atoms with Crippen molar-refractivity contribution in [1.29, 1.82) is 0 Å². The highest BCUT2D eigenvalue weighted by atomic mass is 16.6. The second-order valence-corrected chi connectivity index (χ2v) is 6.55. The first-order chi connectivity index (χ1) is 13.4. The smallest absolute Gasteiger partial charge is 0.283 e. The first kappa shape index (κ1) is 17.5. The first-order valence-electron chi connectivity index (χ1n) is 8.56. The molecule has 0 fully saturated rings. The third-order valence-corrected chi connectivity index (χ3v) is 4.64. The van der Waals surface area contributed by atoms with E-state index in [1.165, 1.54) is 27.7 Å². The first-order valence-corrected chi connectivity index (χ1v) is 8.56. The molecule has 0 atom stereocenters. The molecule has 0 aliphatic heterocycles. The highest BCUT2D eigenvalue weighted by molar-refractivity contribution is 5.70. The van der Waals surface area contributed by atoms with Crippen molar-refractivity contribution in [3.63, 3.8) is 0 Å². The average Bonchev–Trinajstić information content (AvgIpc) is 3.11. The Hall–Kier alpha value is -3.88. The summed E-state index contributed by atoms with van der Waals surface area (Å²) in [7, 11) is 0. The van der Waals surface area contributed by atoms with Gasteiger partial charge in [-0.25, -0.2) is 4.98 Å². The van der Waals surface area contributed by atoms with Gasteiger partial charge in [0.1, 0.15) is 6.33 Å². The zero-order valence-corrected chi connectivity index (χ0v) is 15.2. The van der Waals surface area contributed by atoms with Gasteiger partial charge >= 0.3 is 0 Å². The van der Waals surface area contributed by atoms with Crippen LogP contribution in [0.1, 0.15) is 16.7 Å². The lowest BCUT2D eigenvalue weighted by molar-refractivity contribution is -0.384. The maximum absolute atomic E-state index is 12.8. The van der Waals surface area contributed by atoms with E-state index in [1.54, 1.807) is 12.1 Å². The van der Waals surface area contributed by atoms with Crippen molar-refractivity contribution in [2.45, 2.75) is 20.4 Å². The normalized spacial score (nSPS) is 11.1. The molecular formula is C19H16N6O3. The van der Waals surface area contributed by atoms with Crippen LogP contribution < -0.4 is 5.56 Å². The van der Waals surface area contributed by atoms with Gasteiger partial charge in [-0.15, -0.1) is 5.10 Å². The standard InChI is InChI=1S/C19H16N6O3/c1-12-6-7-15(8-13(12)2)24-18-17(21-22-24)19(26)23(11-20-18)10-14-4-3-5-16(9-14)25(27)28/h3-9,11H,10H2,1-2H3. The maximum atomic E-state index is 12.8. The van der Waals surface area contributed by atoms with Gasteiger partial charge in [0.05, 0.1) is 17.2 Å². The fraction of sp³-hybridized carbons (Fsp3) is 0.158. The highest BCUT2D eigenvalue weighted by Crippen LogP contribution is 2.17. The lowest BCUT2D eigenvalue weighted by atomic mass is 10.1. The Bertz CT molecular complexity index is 1270. The van der Waals surface area contributed by atoms with Crippen LogP contribution in [0.4, 0.5) is 5.69 Å². The van der Waals surface area contributed by atoms with Crippen LogP contribution in [0.2, 0.25) is 0 Å². The van der Waals surface area contributed by atoms with Gasteiger partial charge in [-0.2, -0.15) is 4.68 Å². The van der Waals surface area contributed by atoms with Crippen molar-refractivity contribution in [3.8, 4) is 5.69 Å². The van der Waals surface area contributed by atoms with E-state index in [0.29, 0.717) is 11.2 Å². The molecule has 0 N–H and O–H groups in total. The molecule has 0 unspecified atom stereocenters. The predicted octanol–water partition coefficient (Wildman–Crippen LogP) is 2.55. The Labute approximate surface area is 159 Å². The summed E-state index contributed by atoms with van der Waals surface area (Å²) in [5, 5.41) is 19.0. The number of nitro benzene ring substituents is 1. The van der Waals surface area contributed by atoms with E-state index in [-0.39, 0.29) is 23.3 Å². The van der Waals surface area contributed by atoms with Crippen molar-refractivity contribution in [2.75, 3.05) is 0 Å². The quantitative estimate of drug-likeness (QED) is 0.400. The summed E-state index contributed by atoms with van der Waals surface area (Å²) in [4.78, 5) is 27.6. The van der Waals surface area contributed by atoms with Gasteiger partial charge in [0.15, 0.2) is 11.2 Å². The molecule has 0 saturated carbocycles. The fourth-order valence-electron chi connectivity index (χ4n) is 2.95. The van der Waals surface area contributed by atoms with E-state index < -0.39 is 4.92 Å². The number of nitro groups is 1. The molecule has 4 aromatic rings. The molecule has 140 valence electrons. The van der Waals surface area contributed by atoms with Crippen LogP contribution in [0.15, 0.2) is 53.6 Å². The molecule has 2 aromatic heterocycles. The Morgan fingerprint density at radius 2 is 1.93 bits per heavy atom. The van der Waals surface area contributed by atoms with E-state index in [0.717, 1.165) is 16.8 Å². The number of aryl methyl sites for hydroxylation is 2. The summed E-state index contributed by atoms with van der Waals surface area (Å²) in [6.07, 6.45) is 1.41. The van der Waals surface area contributed by atoms with Crippen LogP contribution in [-0.4, -0.2) is 29.5 Å². The minimum absolute atomic E-state index is 0.0275. The number of non-ortho nitro benzene ring substituents is 1. The van der Waals surface area contributed by atoms with Crippen molar-refractivity contribution < 1.29 is 4.92 Å². The van der Waals surface area contributed by atoms with Gasteiger partial charge in [0.25, 0.3) is 11.2 Å². The molecule has 4 rings (SSSR count). The van der Waals surface area contributed by atoms with Crippen LogP contribution in [0.5, 0.6) is 0 Å². The van der Waals surface area contributed by atoms with Crippen LogP contribution in [-0.2, 0) is 6.54 Å². The largest absolute Gasteiger partial charge is 0.293 e. The number of benzene rings is 2. The minimum atomic E-state index is -0.469. The fourth-order valence-corrected chi connectivity index (χ4v) is 2.95. The average molecular weight is 376 g/mol. The van der Waals surface area contributed by atoms with Crippen LogP contribution in [0.25, 0.3) is 16.9 Å². The minimum Gasteiger partial charge on any atom is -0.293 e. The van der Waals surface area contributed by atoms with Gasteiger partial charge in [0, 0.05) is 12.1 Å². The Balaban J connectivity index is 1.74. The number of nitrogens with zero attached hydrogens (tertiary/aromatic N) is 6. The molecule has 0 aliphatic carbocycles. The molecule has 0 saturated heterocycles. The Morgan fingerprint density at radius 1 is 1.11 bits per heavy atom. The second kappa shape index (κ2) is 6.69. The summed E-state index contributed by atoms with van der Waals surface area (Å²) in [5.41, 5.74) is 3.77. The maximum Gasteiger partial charge on any atom is 0.283 e. The van der Waals surface area contributed by atoms with Crippen molar-refractivity contribution >= 4 is 16.9 Å². The van der Waals surface area contributed by atoms with E-state index in [1.807, 2.05) is 32.0 Å². The molecule has 9 nitrogen and oxygen atoms in total. The molecule has 0 bridgehead atoms. The van der Waals surface area contributed by atoms with Crippen LogP contribution >= 0.6 is 0 Å². The lowest BCUT2D eigenvalue weighted by Gasteiger charge is -2.07. The summed E-state index contributed by atoms with van der Waals surface area (Å²) in [6.45, 7) is 4.17. The summed E-state index contributed by atoms with van der Waals surface area (Å²) < 4.78 is 2.89. The molecule has 2 aromatic carbocycles. The van der Waals surface area contributed by atoms with Crippen LogP contribution in [0.3, 0.4) is 0 Å². The Morgan fingerprint density at radius 3 is 2.68 bits per heavy atom. The van der Waals surface area contributed by atoms with E-state index in [9.17, 15) is 14.9 Å². The molecule has 0 amide bonds. The van der Waals surface area contributed by atoms with Gasteiger partial charge in [0.2, 0.25) is 0 Å². The second-order valence-electron chi connectivity index (χ2n) is 6.55. The number of hydrogen-bond acceptors (Lipinski definition) is 6. The van der Waals surface area contributed by atoms with Crippen molar-refractivity contribution in [3.05, 3.63) is 86.0 Å². The van der Waals surface area contributed by atoms with E-state index >= 15 is 0 Å². The van der Waals surface area contributed by atoms with Crippen LogP contribution in [0, 0.1) is 24.0 Å². The highest BCUT2D eigenvalue weighted by Gasteiger charge is 2.14. The molecule has 0 spiro atoms. The number of fused-ring (bicyclic) bond motifs is 1. The van der Waals surface area contributed by atoms with Crippen molar-refractivity contribution in [2.24, 2.45) is 0 Å². The molecule has 0 aliphatic rings. The zero-order chi connectivity index (χ0) is 19.8.